The number of sulfonamides is 1. The van der Waals surface area contributed by atoms with E-state index in [4.69, 9.17) is 4.74 Å². The molecular weight excluding hydrogens is 446 g/mol. The number of rotatable bonds is 7. The van der Waals surface area contributed by atoms with Gasteiger partial charge in [0.05, 0.1) is 19.1 Å². The first-order valence-electron chi connectivity index (χ1n) is 8.36. The summed E-state index contributed by atoms with van der Waals surface area (Å²) in [5.74, 6) is 0.238. The highest BCUT2D eigenvalue weighted by Crippen LogP contribution is 2.26. The summed E-state index contributed by atoms with van der Waals surface area (Å²) in [6.07, 6.45) is 1.42. The van der Waals surface area contributed by atoms with Gasteiger partial charge in [0.1, 0.15) is 10.6 Å². The molecule has 0 atom stereocenters. The molecule has 146 valence electrons. The van der Waals surface area contributed by atoms with Crippen molar-refractivity contribution in [2.45, 2.75) is 11.4 Å². The van der Waals surface area contributed by atoms with Gasteiger partial charge < -0.3 is 4.74 Å². The third-order valence-corrected chi connectivity index (χ3v) is 5.98. The molecule has 1 aromatic heterocycles. The highest BCUT2D eigenvalue weighted by atomic mass is 79.9. The third-order valence-electron chi connectivity index (χ3n) is 4.01. The van der Waals surface area contributed by atoms with Gasteiger partial charge in [0.15, 0.2) is 0 Å². The van der Waals surface area contributed by atoms with Crippen LogP contribution in [0.5, 0.6) is 5.75 Å². The molecule has 1 N–H and O–H groups in total. The van der Waals surface area contributed by atoms with Crippen LogP contribution in [0.2, 0.25) is 0 Å². The van der Waals surface area contributed by atoms with E-state index in [-0.39, 0.29) is 29.3 Å². The lowest BCUT2D eigenvalue weighted by Gasteiger charge is -2.12. The molecule has 0 aliphatic carbocycles. The van der Waals surface area contributed by atoms with Crippen molar-refractivity contribution in [1.82, 2.24) is 14.3 Å². The lowest BCUT2D eigenvalue weighted by molar-refractivity contribution is 0.402. The second-order valence-electron chi connectivity index (χ2n) is 5.86. The van der Waals surface area contributed by atoms with Crippen molar-refractivity contribution in [1.29, 1.82) is 0 Å². The molecule has 0 radical (unpaired) electrons. The van der Waals surface area contributed by atoms with E-state index in [0.717, 1.165) is 5.56 Å². The highest BCUT2D eigenvalue weighted by Gasteiger charge is 2.19. The monoisotopic (exact) mass is 463 g/mol. The molecule has 1 heterocycles. The minimum atomic E-state index is -3.80. The van der Waals surface area contributed by atoms with Crippen molar-refractivity contribution in [2.24, 2.45) is 0 Å². The summed E-state index contributed by atoms with van der Waals surface area (Å²) in [5.41, 5.74) is 1.16. The lowest BCUT2D eigenvalue weighted by Crippen LogP contribution is -2.31. The fraction of sp³-hybridized carbons (Fsp3) is 0.158. The maximum atomic E-state index is 12.6. The maximum Gasteiger partial charge on any atom is 0.253 e. The summed E-state index contributed by atoms with van der Waals surface area (Å²) in [4.78, 5) is 16.6. The summed E-state index contributed by atoms with van der Waals surface area (Å²) < 4.78 is 34.7. The zero-order valence-electron chi connectivity index (χ0n) is 15.0. The summed E-state index contributed by atoms with van der Waals surface area (Å²) in [6.45, 7) is 0.181. The topological polar surface area (TPSA) is 90.3 Å². The number of nitrogens with zero attached hydrogens (tertiary/aromatic N) is 2. The minimum absolute atomic E-state index is 0.0225. The van der Waals surface area contributed by atoms with E-state index < -0.39 is 10.0 Å². The number of methoxy groups -OCH3 is 1. The Morgan fingerprint density at radius 3 is 2.57 bits per heavy atom. The van der Waals surface area contributed by atoms with E-state index in [0.29, 0.717) is 10.2 Å². The Labute approximate surface area is 171 Å². The van der Waals surface area contributed by atoms with Gasteiger partial charge in [-0.25, -0.2) is 18.1 Å². The summed E-state index contributed by atoms with van der Waals surface area (Å²) in [6, 6.07) is 15.5. The largest absolute Gasteiger partial charge is 0.495 e. The molecule has 3 aromatic rings. The molecule has 0 aliphatic rings. The van der Waals surface area contributed by atoms with Gasteiger partial charge in [0.2, 0.25) is 10.0 Å². The van der Waals surface area contributed by atoms with Crippen LogP contribution in [0.4, 0.5) is 0 Å². The van der Waals surface area contributed by atoms with Crippen molar-refractivity contribution in [2.75, 3.05) is 13.7 Å². The van der Waals surface area contributed by atoms with E-state index in [2.05, 4.69) is 25.6 Å². The van der Waals surface area contributed by atoms with Crippen LogP contribution in [0.1, 0.15) is 0 Å². The first-order chi connectivity index (χ1) is 13.4. The number of nitrogens with one attached hydrogen (secondary N) is 1. The number of benzene rings is 2. The summed E-state index contributed by atoms with van der Waals surface area (Å²) >= 11 is 3.26. The molecule has 0 saturated heterocycles. The van der Waals surface area contributed by atoms with E-state index in [1.807, 2.05) is 30.3 Å². The van der Waals surface area contributed by atoms with Crippen LogP contribution in [-0.2, 0) is 16.6 Å². The van der Waals surface area contributed by atoms with Crippen molar-refractivity contribution in [3.63, 3.8) is 0 Å². The van der Waals surface area contributed by atoms with E-state index in [1.165, 1.54) is 30.1 Å². The van der Waals surface area contributed by atoms with Gasteiger partial charge in [-0.2, -0.15) is 0 Å². The van der Waals surface area contributed by atoms with Gasteiger partial charge >= 0.3 is 0 Å². The Kier molecular flexibility index (Phi) is 6.28. The SMILES string of the molecule is COc1ccc(Br)cc1S(=O)(=O)NCCn1cnc(-c2ccccc2)cc1=O. The molecule has 28 heavy (non-hydrogen) atoms. The maximum absolute atomic E-state index is 12.6. The predicted octanol–water partition coefficient (Wildman–Crippen LogP) is 2.66. The predicted molar refractivity (Wildman–Crippen MR) is 110 cm³/mol. The molecular formula is C19H18BrN3O4S. The van der Waals surface area contributed by atoms with Gasteiger partial charge in [0, 0.05) is 29.2 Å². The second-order valence-corrected chi connectivity index (χ2v) is 8.52. The molecule has 0 spiro atoms. The molecule has 3 rings (SSSR count). The zero-order chi connectivity index (χ0) is 20.1. The van der Waals surface area contributed by atoms with Gasteiger partial charge in [-0.1, -0.05) is 46.3 Å². The molecule has 2 aromatic carbocycles. The van der Waals surface area contributed by atoms with Crippen molar-refractivity contribution in [3.8, 4) is 17.0 Å². The molecule has 0 fully saturated rings. The van der Waals surface area contributed by atoms with E-state index in [1.54, 1.807) is 12.1 Å². The fourth-order valence-corrected chi connectivity index (χ4v) is 4.33. The zero-order valence-corrected chi connectivity index (χ0v) is 17.4. The summed E-state index contributed by atoms with van der Waals surface area (Å²) in [7, 11) is -2.40. The molecule has 0 bridgehead atoms. The van der Waals surface area contributed by atoms with Crippen LogP contribution in [0, 0.1) is 0 Å². The van der Waals surface area contributed by atoms with Crippen molar-refractivity contribution < 1.29 is 13.2 Å². The van der Waals surface area contributed by atoms with Gasteiger partial charge in [-0.05, 0) is 18.2 Å². The Bertz CT molecular complexity index is 1130. The molecule has 0 amide bonds. The standard InChI is InChI=1S/C19H18BrN3O4S/c1-27-17-8-7-15(20)11-18(17)28(25,26)22-9-10-23-13-21-16(12-19(23)24)14-5-3-2-4-6-14/h2-8,11-13,22H,9-10H2,1H3. The Morgan fingerprint density at radius 2 is 1.89 bits per heavy atom. The van der Waals surface area contributed by atoms with Crippen molar-refractivity contribution in [3.05, 3.63) is 75.8 Å². The smallest absolute Gasteiger partial charge is 0.253 e. The average Bonchev–Trinajstić information content (AvgIpc) is 2.69. The Morgan fingerprint density at radius 1 is 1.14 bits per heavy atom. The molecule has 0 saturated carbocycles. The van der Waals surface area contributed by atoms with Crippen LogP contribution in [-0.4, -0.2) is 31.6 Å². The van der Waals surface area contributed by atoms with Gasteiger partial charge in [-0.3, -0.25) is 9.36 Å². The highest BCUT2D eigenvalue weighted by molar-refractivity contribution is 9.10. The van der Waals surface area contributed by atoms with Crippen LogP contribution in [0.25, 0.3) is 11.3 Å². The van der Waals surface area contributed by atoms with E-state index >= 15 is 0 Å². The molecule has 9 heteroatoms. The quantitative estimate of drug-likeness (QED) is 0.581. The molecule has 0 aliphatic heterocycles. The van der Waals surface area contributed by atoms with Gasteiger partial charge in [-0.15, -0.1) is 0 Å². The number of hydrogen-bond acceptors (Lipinski definition) is 5. The van der Waals surface area contributed by atoms with Crippen LogP contribution >= 0.6 is 15.9 Å². The molecule has 0 unspecified atom stereocenters. The summed E-state index contributed by atoms with van der Waals surface area (Å²) in [5, 5.41) is 0. The first-order valence-corrected chi connectivity index (χ1v) is 10.6. The van der Waals surface area contributed by atoms with Crippen molar-refractivity contribution >= 4 is 26.0 Å². The number of halogens is 1. The van der Waals surface area contributed by atoms with Gasteiger partial charge in [0.25, 0.3) is 5.56 Å². The number of ether oxygens (including phenoxy) is 1. The first kappa shape index (κ1) is 20.2. The third kappa shape index (κ3) is 4.67. The van der Waals surface area contributed by atoms with Crippen LogP contribution in [0.3, 0.4) is 0 Å². The van der Waals surface area contributed by atoms with Crippen LogP contribution in [0.15, 0.2) is 75.1 Å². The number of hydrogen-bond donors (Lipinski definition) is 1. The Hall–Kier alpha value is -2.49. The second kappa shape index (κ2) is 8.68. The minimum Gasteiger partial charge on any atom is -0.495 e. The average molecular weight is 464 g/mol. The number of aromatic nitrogens is 2. The molecule has 7 nitrogen and oxygen atoms in total. The van der Waals surface area contributed by atoms with Crippen LogP contribution < -0.4 is 15.0 Å². The van der Waals surface area contributed by atoms with E-state index in [9.17, 15) is 13.2 Å². The lowest BCUT2D eigenvalue weighted by atomic mass is 10.1. The Balaban J connectivity index is 1.71. The fourth-order valence-electron chi connectivity index (χ4n) is 2.60. The normalized spacial score (nSPS) is 11.4.